The Kier molecular flexibility index (Phi) is 3.93. The molecule has 0 atom stereocenters. The second-order valence-corrected chi connectivity index (χ2v) is 8.76. The van der Waals surface area contributed by atoms with E-state index < -0.39 is 9.84 Å². The third kappa shape index (κ3) is 2.87. The van der Waals surface area contributed by atoms with Crippen molar-refractivity contribution in [2.75, 3.05) is 17.2 Å². The first kappa shape index (κ1) is 16.4. The number of pyridine rings is 1. The van der Waals surface area contributed by atoms with Gasteiger partial charge < -0.3 is 4.90 Å². The van der Waals surface area contributed by atoms with Crippen LogP contribution < -0.4 is 4.90 Å². The van der Waals surface area contributed by atoms with Gasteiger partial charge in [-0.1, -0.05) is 41.9 Å². The second-order valence-electron chi connectivity index (χ2n) is 6.28. The van der Waals surface area contributed by atoms with Gasteiger partial charge in [-0.05, 0) is 36.2 Å². The van der Waals surface area contributed by atoms with Crippen LogP contribution in [0.1, 0.15) is 11.1 Å². The minimum absolute atomic E-state index is 0.0646. The predicted octanol–water partition coefficient (Wildman–Crippen LogP) is 3.99. The summed E-state index contributed by atoms with van der Waals surface area (Å²) in [6.07, 6.45) is 0. The number of halogens is 1. The molecule has 6 heteroatoms. The fourth-order valence-electron chi connectivity index (χ4n) is 3.32. The average Bonchev–Trinajstić information content (AvgIpc) is 2.71. The number of sulfone groups is 1. The average molecular weight is 373 g/mol. The molecule has 4 rings (SSSR count). The van der Waals surface area contributed by atoms with Crippen molar-refractivity contribution in [3.63, 3.8) is 0 Å². The molecule has 0 spiro atoms. The standard InChI is InChI=1S/C19H17ClN2O2S/c1-13-5-4-7-16-19(13)15(20)11-18(21-16)22-9-10-25(23,24)17-8-3-2-6-14(17)12-22/h2-8,11H,9-10,12H2,1H3. The third-order valence-corrected chi connectivity index (χ3v) is 6.69. The lowest BCUT2D eigenvalue weighted by atomic mass is 10.1. The monoisotopic (exact) mass is 372 g/mol. The summed E-state index contributed by atoms with van der Waals surface area (Å²) in [5, 5.41) is 1.58. The van der Waals surface area contributed by atoms with Gasteiger partial charge in [0.15, 0.2) is 9.84 Å². The van der Waals surface area contributed by atoms with Crippen LogP contribution in [0.4, 0.5) is 5.82 Å². The van der Waals surface area contributed by atoms with Gasteiger partial charge in [-0.25, -0.2) is 13.4 Å². The van der Waals surface area contributed by atoms with E-state index in [1.165, 1.54) is 0 Å². The Hall–Kier alpha value is -2.11. The Morgan fingerprint density at radius 2 is 1.92 bits per heavy atom. The van der Waals surface area contributed by atoms with Crippen molar-refractivity contribution in [3.05, 3.63) is 64.7 Å². The quantitative estimate of drug-likeness (QED) is 0.648. The summed E-state index contributed by atoms with van der Waals surface area (Å²) < 4.78 is 25.0. The molecule has 0 fully saturated rings. The Bertz CT molecular complexity index is 1080. The molecule has 128 valence electrons. The number of aromatic nitrogens is 1. The fourth-order valence-corrected chi connectivity index (χ4v) is 5.16. The summed E-state index contributed by atoms with van der Waals surface area (Å²) in [5.74, 6) is 0.768. The summed E-state index contributed by atoms with van der Waals surface area (Å²) in [6.45, 7) is 2.89. The highest BCUT2D eigenvalue weighted by Crippen LogP contribution is 2.31. The number of hydrogen-bond donors (Lipinski definition) is 0. The van der Waals surface area contributed by atoms with E-state index in [0.717, 1.165) is 22.0 Å². The van der Waals surface area contributed by atoms with Gasteiger partial charge >= 0.3 is 0 Å². The van der Waals surface area contributed by atoms with E-state index in [4.69, 9.17) is 16.6 Å². The van der Waals surface area contributed by atoms with Crippen LogP contribution in [0.2, 0.25) is 5.02 Å². The largest absolute Gasteiger partial charge is 0.351 e. The lowest BCUT2D eigenvalue weighted by Crippen LogP contribution is -2.26. The van der Waals surface area contributed by atoms with Crippen molar-refractivity contribution in [2.45, 2.75) is 18.4 Å². The molecule has 2 aromatic carbocycles. The second kappa shape index (κ2) is 6.00. The van der Waals surface area contributed by atoms with Crippen LogP contribution in [0.3, 0.4) is 0 Å². The van der Waals surface area contributed by atoms with Crippen LogP contribution in [0.5, 0.6) is 0 Å². The molecule has 25 heavy (non-hydrogen) atoms. The third-order valence-electron chi connectivity index (χ3n) is 4.60. The van der Waals surface area contributed by atoms with Crippen molar-refractivity contribution in [1.29, 1.82) is 0 Å². The molecule has 0 radical (unpaired) electrons. The SMILES string of the molecule is Cc1cccc2nc(N3CCS(=O)(=O)c4ccccc4C3)cc(Cl)c12. The van der Waals surface area contributed by atoms with Crippen LogP contribution in [-0.2, 0) is 16.4 Å². The molecule has 0 unspecified atom stereocenters. The first-order chi connectivity index (χ1) is 12.0. The van der Waals surface area contributed by atoms with Crippen molar-refractivity contribution < 1.29 is 8.42 Å². The summed E-state index contributed by atoms with van der Waals surface area (Å²) in [4.78, 5) is 7.13. The van der Waals surface area contributed by atoms with Gasteiger partial charge in [0, 0.05) is 18.5 Å². The maximum absolute atomic E-state index is 12.5. The molecule has 4 nitrogen and oxygen atoms in total. The zero-order valence-electron chi connectivity index (χ0n) is 13.7. The molecular formula is C19H17ClN2O2S. The number of benzene rings is 2. The van der Waals surface area contributed by atoms with Gasteiger partial charge in [0.25, 0.3) is 0 Å². The van der Waals surface area contributed by atoms with E-state index in [1.54, 1.807) is 12.1 Å². The Morgan fingerprint density at radius 3 is 2.76 bits per heavy atom. The van der Waals surface area contributed by atoms with Crippen molar-refractivity contribution in [1.82, 2.24) is 4.98 Å². The molecule has 1 aliphatic rings. The normalized spacial score (nSPS) is 16.5. The molecule has 1 aromatic heterocycles. The fraction of sp³-hybridized carbons (Fsp3) is 0.211. The van der Waals surface area contributed by atoms with Crippen molar-refractivity contribution in [2.24, 2.45) is 0 Å². The number of anilines is 1. The van der Waals surface area contributed by atoms with Gasteiger partial charge in [0.2, 0.25) is 0 Å². The van der Waals surface area contributed by atoms with Gasteiger partial charge in [-0.2, -0.15) is 0 Å². The minimum atomic E-state index is -3.28. The van der Waals surface area contributed by atoms with Crippen LogP contribution in [0.15, 0.2) is 53.4 Å². The highest BCUT2D eigenvalue weighted by atomic mass is 35.5. The van der Waals surface area contributed by atoms with Crippen LogP contribution in [-0.4, -0.2) is 25.7 Å². The van der Waals surface area contributed by atoms with Gasteiger partial charge in [0.1, 0.15) is 5.82 Å². The molecule has 0 amide bonds. The van der Waals surface area contributed by atoms with E-state index in [0.29, 0.717) is 28.8 Å². The zero-order chi connectivity index (χ0) is 17.6. The molecular weight excluding hydrogens is 356 g/mol. The highest BCUT2D eigenvalue weighted by molar-refractivity contribution is 7.91. The lowest BCUT2D eigenvalue weighted by Gasteiger charge is -2.22. The molecule has 0 saturated carbocycles. The summed E-state index contributed by atoms with van der Waals surface area (Å²) in [7, 11) is -3.28. The van der Waals surface area contributed by atoms with E-state index >= 15 is 0 Å². The minimum Gasteiger partial charge on any atom is -0.351 e. The number of rotatable bonds is 1. The maximum Gasteiger partial charge on any atom is 0.180 e. The van der Waals surface area contributed by atoms with E-state index in [1.807, 2.05) is 48.2 Å². The topological polar surface area (TPSA) is 50.3 Å². The molecule has 0 bridgehead atoms. The summed E-state index contributed by atoms with van der Waals surface area (Å²) >= 11 is 6.50. The van der Waals surface area contributed by atoms with E-state index in [9.17, 15) is 8.42 Å². The molecule has 0 saturated heterocycles. The molecule has 0 aliphatic carbocycles. The number of hydrogen-bond acceptors (Lipinski definition) is 4. The summed E-state index contributed by atoms with van der Waals surface area (Å²) in [6, 6.07) is 14.9. The summed E-state index contributed by atoms with van der Waals surface area (Å²) in [5.41, 5.74) is 2.69. The maximum atomic E-state index is 12.5. The number of fused-ring (bicyclic) bond motifs is 2. The molecule has 3 aromatic rings. The Labute approximate surface area is 152 Å². The predicted molar refractivity (Wildman–Crippen MR) is 101 cm³/mol. The Morgan fingerprint density at radius 1 is 1.12 bits per heavy atom. The number of nitrogens with zero attached hydrogens (tertiary/aromatic N) is 2. The van der Waals surface area contributed by atoms with Gasteiger partial charge in [-0.3, -0.25) is 0 Å². The van der Waals surface area contributed by atoms with Crippen molar-refractivity contribution >= 4 is 38.2 Å². The van der Waals surface area contributed by atoms with E-state index in [-0.39, 0.29) is 5.75 Å². The molecule has 0 N–H and O–H groups in total. The van der Waals surface area contributed by atoms with Crippen LogP contribution in [0, 0.1) is 6.92 Å². The molecule has 2 heterocycles. The van der Waals surface area contributed by atoms with Crippen LogP contribution in [0.25, 0.3) is 10.9 Å². The zero-order valence-corrected chi connectivity index (χ0v) is 15.3. The lowest BCUT2D eigenvalue weighted by molar-refractivity contribution is 0.596. The van der Waals surface area contributed by atoms with E-state index in [2.05, 4.69) is 0 Å². The van der Waals surface area contributed by atoms with Gasteiger partial charge in [0.05, 0.1) is 21.2 Å². The highest BCUT2D eigenvalue weighted by Gasteiger charge is 2.26. The van der Waals surface area contributed by atoms with Gasteiger partial charge in [-0.15, -0.1) is 0 Å². The first-order valence-electron chi connectivity index (χ1n) is 8.07. The van der Waals surface area contributed by atoms with Crippen LogP contribution >= 0.6 is 11.6 Å². The Balaban J connectivity index is 1.82. The van der Waals surface area contributed by atoms with Crippen molar-refractivity contribution in [3.8, 4) is 0 Å². The number of aryl methyl sites for hydroxylation is 1. The smallest absolute Gasteiger partial charge is 0.180 e. The first-order valence-corrected chi connectivity index (χ1v) is 10.1. The molecule has 1 aliphatic heterocycles.